The predicted octanol–water partition coefficient (Wildman–Crippen LogP) is 1.86. The third-order valence-corrected chi connectivity index (χ3v) is 4.23. The number of hydrogen-bond donors (Lipinski definition) is 1. The van der Waals surface area contributed by atoms with Crippen molar-refractivity contribution in [2.24, 2.45) is 7.05 Å². The van der Waals surface area contributed by atoms with Gasteiger partial charge in [0, 0.05) is 38.5 Å². The number of rotatable bonds is 5. The monoisotopic (exact) mass is 329 g/mol. The van der Waals surface area contributed by atoms with E-state index in [4.69, 9.17) is 0 Å². The molecule has 8 nitrogen and oxygen atoms in total. The number of benzene rings is 1. The molecule has 0 radical (unpaired) electrons. The normalized spacial score (nSPS) is 14.0. The van der Waals surface area contributed by atoms with E-state index in [2.05, 4.69) is 15.3 Å². The zero-order chi connectivity index (χ0) is 17.1. The number of nitro benzene ring substituents is 1. The lowest BCUT2D eigenvalue weighted by Crippen LogP contribution is -2.28. The number of anilines is 1. The third kappa shape index (κ3) is 3.22. The second kappa shape index (κ2) is 6.69. The van der Waals surface area contributed by atoms with Gasteiger partial charge in [-0.1, -0.05) is 0 Å². The van der Waals surface area contributed by atoms with Crippen molar-refractivity contribution in [3.05, 3.63) is 51.8 Å². The first-order chi connectivity index (χ1) is 11.6. The van der Waals surface area contributed by atoms with Gasteiger partial charge in [0.2, 0.25) is 0 Å². The van der Waals surface area contributed by atoms with Gasteiger partial charge in [0.1, 0.15) is 0 Å². The molecule has 1 aliphatic heterocycles. The Bertz CT molecular complexity index is 765. The molecule has 126 valence electrons. The van der Waals surface area contributed by atoms with E-state index in [9.17, 15) is 14.9 Å². The Kier molecular flexibility index (Phi) is 4.45. The van der Waals surface area contributed by atoms with Crippen LogP contribution in [0, 0.1) is 10.1 Å². The fraction of sp³-hybridized carbons (Fsp3) is 0.375. The molecule has 0 atom stereocenters. The highest BCUT2D eigenvalue weighted by molar-refractivity contribution is 6.00. The van der Waals surface area contributed by atoms with Crippen molar-refractivity contribution in [2.75, 3.05) is 18.0 Å². The summed E-state index contributed by atoms with van der Waals surface area (Å²) in [7, 11) is 1.80. The van der Waals surface area contributed by atoms with Crippen LogP contribution in [0.3, 0.4) is 0 Å². The topological polar surface area (TPSA) is 93.3 Å². The summed E-state index contributed by atoms with van der Waals surface area (Å²) < 4.78 is 1.68. The Hall–Kier alpha value is -2.90. The largest absolute Gasteiger partial charge is 0.371 e. The summed E-state index contributed by atoms with van der Waals surface area (Å²) in [6.45, 7) is 2.04. The minimum absolute atomic E-state index is 0.0800. The van der Waals surface area contributed by atoms with Gasteiger partial charge in [0.15, 0.2) is 0 Å². The molecule has 1 aromatic heterocycles. The van der Waals surface area contributed by atoms with Crippen LogP contribution in [0.15, 0.2) is 30.5 Å². The number of non-ortho nitro benzene ring substituents is 1. The van der Waals surface area contributed by atoms with Gasteiger partial charge in [0.25, 0.3) is 11.6 Å². The zero-order valence-corrected chi connectivity index (χ0v) is 13.4. The predicted molar refractivity (Wildman–Crippen MR) is 88.9 cm³/mol. The number of carbonyl (C=O) groups excluding carboxylic acids is 1. The molecule has 1 amide bonds. The van der Waals surface area contributed by atoms with E-state index in [0.29, 0.717) is 12.1 Å². The summed E-state index contributed by atoms with van der Waals surface area (Å²) in [6.07, 6.45) is 3.78. The van der Waals surface area contributed by atoms with E-state index in [1.165, 1.54) is 12.1 Å². The molecule has 0 bridgehead atoms. The summed E-state index contributed by atoms with van der Waals surface area (Å²) in [5.41, 5.74) is 1.87. The molecule has 1 fully saturated rings. The Morgan fingerprint density at radius 2 is 2.08 bits per heavy atom. The van der Waals surface area contributed by atoms with E-state index in [0.717, 1.165) is 37.3 Å². The first-order valence-corrected chi connectivity index (χ1v) is 7.85. The Labute approximate surface area is 139 Å². The molecule has 2 heterocycles. The summed E-state index contributed by atoms with van der Waals surface area (Å²) in [6, 6.07) is 6.29. The SMILES string of the molecule is Cn1nccc1CNC(=O)c1cc([N+](=O)[O-])ccc1N1CCCC1. The maximum Gasteiger partial charge on any atom is 0.270 e. The van der Waals surface area contributed by atoms with Gasteiger partial charge in [-0.25, -0.2) is 0 Å². The van der Waals surface area contributed by atoms with Crippen molar-refractivity contribution in [1.29, 1.82) is 0 Å². The molecular formula is C16H19N5O3. The molecule has 1 N–H and O–H groups in total. The highest BCUT2D eigenvalue weighted by atomic mass is 16.6. The Balaban J connectivity index is 1.85. The molecule has 0 aliphatic carbocycles. The minimum Gasteiger partial charge on any atom is -0.371 e. The standard InChI is InChI=1S/C16H19N5O3/c1-19-13(6-7-18-19)11-17-16(22)14-10-12(21(23)24)4-5-15(14)20-8-2-3-9-20/h4-7,10H,2-3,8-9,11H2,1H3,(H,17,22). The molecular weight excluding hydrogens is 310 g/mol. The van der Waals surface area contributed by atoms with E-state index in [1.54, 1.807) is 24.0 Å². The first-order valence-electron chi connectivity index (χ1n) is 7.85. The lowest BCUT2D eigenvalue weighted by Gasteiger charge is -2.20. The summed E-state index contributed by atoms with van der Waals surface area (Å²) in [5, 5.41) is 17.9. The van der Waals surface area contributed by atoms with Crippen LogP contribution in [-0.2, 0) is 13.6 Å². The number of hydrogen-bond acceptors (Lipinski definition) is 5. The highest BCUT2D eigenvalue weighted by Crippen LogP contribution is 2.28. The zero-order valence-electron chi connectivity index (χ0n) is 13.4. The van der Waals surface area contributed by atoms with Crippen molar-refractivity contribution >= 4 is 17.3 Å². The van der Waals surface area contributed by atoms with Gasteiger partial charge in [-0.2, -0.15) is 5.10 Å². The van der Waals surface area contributed by atoms with Gasteiger partial charge in [-0.05, 0) is 25.0 Å². The van der Waals surface area contributed by atoms with Crippen molar-refractivity contribution < 1.29 is 9.72 Å². The van der Waals surface area contributed by atoms with Gasteiger partial charge >= 0.3 is 0 Å². The van der Waals surface area contributed by atoms with Crippen LogP contribution >= 0.6 is 0 Å². The number of nitro groups is 1. The van der Waals surface area contributed by atoms with Crippen molar-refractivity contribution in [3.63, 3.8) is 0 Å². The van der Waals surface area contributed by atoms with E-state index >= 15 is 0 Å². The third-order valence-electron chi connectivity index (χ3n) is 4.23. The molecule has 0 spiro atoms. The molecule has 8 heteroatoms. The fourth-order valence-corrected chi connectivity index (χ4v) is 2.89. The Morgan fingerprint density at radius 3 is 2.71 bits per heavy atom. The average molecular weight is 329 g/mol. The second-order valence-electron chi connectivity index (χ2n) is 5.78. The molecule has 3 rings (SSSR count). The molecule has 1 saturated heterocycles. The maximum absolute atomic E-state index is 12.6. The minimum atomic E-state index is -0.480. The van der Waals surface area contributed by atoms with E-state index in [1.807, 2.05) is 6.07 Å². The smallest absolute Gasteiger partial charge is 0.270 e. The molecule has 1 aliphatic rings. The average Bonchev–Trinajstić information content (AvgIpc) is 3.23. The highest BCUT2D eigenvalue weighted by Gasteiger charge is 2.22. The molecule has 24 heavy (non-hydrogen) atoms. The molecule has 0 saturated carbocycles. The van der Waals surface area contributed by atoms with Gasteiger partial charge in [0.05, 0.1) is 28.4 Å². The maximum atomic E-state index is 12.6. The van der Waals surface area contributed by atoms with Crippen molar-refractivity contribution in [3.8, 4) is 0 Å². The van der Waals surface area contributed by atoms with Crippen LogP contribution in [-0.4, -0.2) is 33.7 Å². The van der Waals surface area contributed by atoms with Crippen LogP contribution in [0.5, 0.6) is 0 Å². The number of nitrogens with zero attached hydrogens (tertiary/aromatic N) is 4. The van der Waals surface area contributed by atoms with Gasteiger partial charge in [-0.3, -0.25) is 19.6 Å². The number of amides is 1. The van der Waals surface area contributed by atoms with E-state index in [-0.39, 0.29) is 11.6 Å². The van der Waals surface area contributed by atoms with Crippen LogP contribution < -0.4 is 10.2 Å². The summed E-state index contributed by atoms with van der Waals surface area (Å²) in [4.78, 5) is 25.3. The van der Waals surface area contributed by atoms with Crippen LogP contribution in [0.2, 0.25) is 0 Å². The van der Waals surface area contributed by atoms with Crippen LogP contribution in [0.1, 0.15) is 28.9 Å². The number of nitrogens with one attached hydrogen (secondary N) is 1. The second-order valence-corrected chi connectivity index (χ2v) is 5.78. The van der Waals surface area contributed by atoms with Crippen LogP contribution in [0.4, 0.5) is 11.4 Å². The lowest BCUT2D eigenvalue weighted by molar-refractivity contribution is -0.384. The molecule has 1 aromatic carbocycles. The van der Waals surface area contributed by atoms with Crippen molar-refractivity contribution in [1.82, 2.24) is 15.1 Å². The van der Waals surface area contributed by atoms with Gasteiger partial charge < -0.3 is 10.2 Å². The van der Waals surface area contributed by atoms with Crippen molar-refractivity contribution in [2.45, 2.75) is 19.4 Å². The quantitative estimate of drug-likeness (QED) is 0.667. The number of aromatic nitrogens is 2. The first kappa shape index (κ1) is 16.0. The van der Waals surface area contributed by atoms with Crippen LogP contribution in [0.25, 0.3) is 0 Å². The summed E-state index contributed by atoms with van der Waals surface area (Å²) in [5.74, 6) is -0.318. The Morgan fingerprint density at radius 1 is 1.33 bits per heavy atom. The fourth-order valence-electron chi connectivity index (χ4n) is 2.89. The molecule has 0 unspecified atom stereocenters. The number of carbonyl (C=O) groups is 1. The number of aryl methyl sites for hydroxylation is 1. The lowest BCUT2D eigenvalue weighted by atomic mass is 10.1. The van der Waals surface area contributed by atoms with E-state index < -0.39 is 4.92 Å². The van der Waals surface area contributed by atoms with Gasteiger partial charge in [-0.15, -0.1) is 0 Å². The molecule has 2 aromatic rings. The summed E-state index contributed by atoms with van der Waals surface area (Å²) >= 11 is 0.